The number of aryl methyl sites for hydroxylation is 1. The van der Waals surface area contributed by atoms with E-state index in [4.69, 9.17) is 9.72 Å². The number of aromatic nitrogens is 2. The second-order valence-corrected chi connectivity index (χ2v) is 6.01. The molecule has 0 radical (unpaired) electrons. The number of rotatable bonds is 3. The Morgan fingerprint density at radius 3 is 2.87 bits per heavy atom. The van der Waals surface area contributed by atoms with E-state index >= 15 is 0 Å². The summed E-state index contributed by atoms with van der Waals surface area (Å²) in [6.07, 6.45) is 0.939. The summed E-state index contributed by atoms with van der Waals surface area (Å²) in [5, 5.41) is 1.03. The molecule has 1 aliphatic rings. The van der Waals surface area contributed by atoms with Crippen LogP contribution in [0.15, 0.2) is 18.2 Å². The van der Waals surface area contributed by atoms with Crippen molar-refractivity contribution >= 4 is 22.8 Å². The average molecular weight is 314 g/mol. The van der Waals surface area contributed by atoms with Gasteiger partial charge in [0.2, 0.25) is 11.9 Å². The first-order valence-corrected chi connectivity index (χ1v) is 7.80. The Morgan fingerprint density at radius 2 is 2.17 bits per heavy atom. The first-order valence-electron chi connectivity index (χ1n) is 7.80. The number of benzene rings is 1. The van der Waals surface area contributed by atoms with Crippen molar-refractivity contribution in [2.45, 2.75) is 26.3 Å². The highest BCUT2D eigenvalue weighted by atomic mass is 16.5. The Labute approximate surface area is 136 Å². The molecule has 2 heterocycles. The van der Waals surface area contributed by atoms with E-state index in [1.165, 1.54) is 0 Å². The summed E-state index contributed by atoms with van der Waals surface area (Å²) < 4.78 is 5.28. The van der Waals surface area contributed by atoms with Gasteiger partial charge >= 0.3 is 0 Å². The number of nitrogens with zero attached hydrogens (tertiary/aromatic N) is 4. The quantitative estimate of drug-likeness (QED) is 0.867. The number of carbonyl (C=O) groups is 1. The lowest BCUT2D eigenvalue weighted by Crippen LogP contribution is -2.37. The van der Waals surface area contributed by atoms with Crippen LogP contribution in [0.5, 0.6) is 5.75 Å². The second kappa shape index (κ2) is 6.02. The summed E-state index contributed by atoms with van der Waals surface area (Å²) in [5.41, 5.74) is 1.84. The fourth-order valence-corrected chi connectivity index (χ4v) is 3.02. The molecule has 1 aromatic heterocycles. The molecule has 0 bridgehead atoms. The Hall–Kier alpha value is -2.37. The van der Waals surface area contributed by atoms with Gasteiger partial charge in [-0.25, -0.2) is 9.97 Å². The van der Waals surface area contributed by atoms with Crippen LogP contribution in [0.2, 0.25) is 0 Å². The molecule has 6 heteroatoms. The maximum Gasteiger partial charge on any atom is 0.226 e. The molecule has 1 amide bonds. The van der Waals surface area contributed by atoms with Gasteiger partial charge in [-0.2, -0.15) is 0 Å². The van der Waals surface area contributed by atoms with E-state index in [0.717, 1.165) is 47.8 Å². The van der Waals surface area contributed by atoms with Crippen LogP contribution in [0.25, 0.3) is 10.9 Å². The van der Waals surface area contributed by atoms with Crippen LogP contribution < -0.4 is 9.64 Å². The molecule has 0 unspecified atom stereocenters. The highest BCUT2D eigenvalue weighted by Crippen LogP contribution is 2.26. The first kappa shape index (κ1) is 15.5. The smallest absolute Gasteiger partial charge is 0.226 e. The molecular formula is C17H22N4O2. The van der Waals surface area contributed by atoms with E-state index in [-0.39, 0.29) is 11.9 Å². The fourth-order valence-electron chi connectivity index (χ4n) is 3.02. The first-order chi connectivity index (χ1) is 11.0. The van der Waals surface area contributed by atoms with Crippen molar-refractivity contribution in [2.24, 2.45) is 0 Å². The lowest BCUT2D eigenvalue weighted by Gasteiger charge is -2.23. The monoisotopic (exact) mass is 314 g/mol. The van der Waals surface area contributed by atoms with Crippen molar-refractivity contribution in [2.75, 3.05) is 32.1 Å². The Balaban J connectivity index is 1.90. The van der Waals surface area contributed by atoms with Crippen LogP contribution in [0.4, 0.5) is 5.95 Å². The van der Waals surface area contributed by atoms with E-state index in [1.54, 1.807) is 18.9 Å². The fraction of sp³-hybridized carbons (Fsp3) is 0.471. The number of hydrogen-bond acceptors (Lipinski definition) is 5. The topological polar surface area (TPSA) is 58.6 Å². The van der Waals surface area contributed by atoms with E-state index in [0.29, 0.717) is 0 Å². The van der Waals surface area contributed by atoms with Crippen molar-refractivity contribution in [3.05, 3.63) is 23.9 Å². The van der Waals surface area contributed by atoms with Gasteiger partial charge in [0, 0.05) is 38.5 Å². The van der Waals surface area contributed by atoms with Crippen LogP contribution in [0, 0.1) is 6.92 Å². The number of methoxy groups -OCH3 is 1. The zero-order chi connectivity index (χ0) is 16.6. The third-order valence-corrected chi connectivity index (χ3v) is 4.57. The van der Waals surface area contributed by atoms with Crippen LogP contribution in [-0.2, 0) is 4.79 Å². The van der Waals surface area contributed by atoms with E-state index in [9.17, 15) is 4.79 Å². The maximum absolute atomic E-state index is 11.5. The molecule has 3 rings (SSSR count). The molecule has 0 N–H and O–H groups in total. The molecule has 1 saturated heterocycles. The van der Waals surface area contributed by atoms with Gasteiger partial charge in [0.1, 0.15) is 5.75 Å². The van der Waals surface area contributed by atoms with Crippen molar-refractivity contribution < 1.29 is 9.53 Å². The van der Waals surface area contributed by atoms with Gasteiger partial charge in [-0.3, -0.25) is 4.79 Å². The van der Waals surface area contributed by atoms with Gasteiger partial charge in [-0.1, -0.05) is 0 Å². The molecule has 6 nitrogen and oxygen atoms in total. The van der Waals surface area contributed by atoms with Gasteiger partial charge in [-0.05, 0) is 25.5 Å². The van der Waals surface area contributed by atoms with Gasteiger partial charge in [0.05, 0.1) is 24.4 Å². The van der Waals surface area contributed by atoms with Crippen molar-refractivity contribution in [3.63, 3.8) is 0 Å². The summed E-state index contributed by atoms with van der Waals surface area (Å²) in [6, 6.07) is 6.07. The van der Waals surface area contributed by atoms with Crippen molar-refractivity contribution in [1.29, 1.82) is 0 Å². The number of anilines is 1. The normalized spacial score (nSPS) is 17.6. The number of amides is 1. The predicted octanol–water partition coefficient (Wildman–Crippen LogP) is 2.00. The molecular weight excluding hydrogens is 292 g/mol. The molecule has 0 aliphatic carbocycles. The second-order valence-electron chi connectivity index (χ2n) is 6.01. The zero-order valence-electron chi connectivity index (χ0n) is 14.0. The third kappa shape index (κ3) is 2.93. The molecule has 23 heavy (non-hydrogen) atoms. The molecule has 1 aromatic carbocycles. The summed E-state index contributed by atoms with van der Waals surface area (Å²) >= 11 is 0. The third-order valence-electron chi connectivity index (χ3n) is 4.57. The Morgan fingerprint density at radius 1 is 1.39 bits per heavy atom. The Kier molecular flexibility index (Phi) is 4.07. The molecule has 1 aliphatic heterocycles. The summed E-state index contributed by atoms with van der Waals surface area (Å²) in [6.45, 7) is 5.23. The number of ether oxygens (including phenoxy) is 1. The average Bonchev–Trinajstić information content (AvgIpc) is 3.03. The van der Waals surface area contributed by atoms with Crippen LogP contribution >= 0.6 is 0 Å². The highest BCUT2D eigenvalue weighted by Gasteiger charge is 2.28. The van der Waals surface area contributed by atoms with Crippen molar-refractivity contribution in [1.82, 2.24) is 14.9 Å². The van der Waals surface area contributed by atoms with E-state index < -0.39 is 0 Å². The number of carbonyl (C=O) groups excluding carboxylic acids is 1. The number of likely N-dealkylation sites (N-methyl/N-ethyl adjacent to an activating group) is 1. The van der Waals surface area contributed by atoms with Crippen LogP contribution in [0.1, 0.15) is 19.0 Å². The maximum atomic E-state index is 11.5. The number of fused-ring (bicyclic) bond motifs is 1. The minimum Gasteiger partial charge on any atom is -0.497 e. The van der Waals surface area contributed by atoms with Gasteiger partial charge in [0.25, 0.3) is 0 Å². The SMILES string of the molecule is COc1ccc2c(C)nc(N3CC[C@H](N(C)C(C)=O)C3)nc2c1. The molecule has 2 aromatic rings. The van der Waals surface area contributed by atoms with Gasteiger partial charge in [0.15, 0.2) is 0 Å². The molecule has 1 atom stereocenters. The molecule has 0 saturated carbocycles. The summed E-state index contributed by atoms with van der Waals surface area (Å²) in [7, 11) is 3.51. The largest absolute Gasteiger partial charge is 0.497 e. The minimum atomic E-state index is 0.0946. The van der Waals surface area contributed by atoms with E-state index in [2.05, 4.69) is 9.88 Å². The highest BCUT2D eigenvalue weighted by molar-refractivity contribution is 5.83. The van der Waals surface area contributed by atoms with Crippen molar-refractivity contribution in [3.8, 4) is 5.75 Å². The van der Waals surface area contributed by atoms with Gasteiger partial charge < -0.3 is 14.5 Å². The molecule has 1 fully saturated rings. The lowest BCUT2D eigenvalue weighted by molar-refractivity contribution is -0.129. The zero-order valence-corrected chi connectivity index (χ0v) is 14.0. The van der Waals surface area contributed by atoms with Crippen LogP contribution in [-0.4, -0.2) is 54.1 Å². The lowest BCUT2D eigenvalue weighted by atomic mass is 10.2. The van der Waals surface area contributed by atoms with Gasteiger partial charge in [-0.15, -0.1) is 0 Å². The van der Waals surface area contributed by atoms with Crippen LogP contribution in [0.3, 0.4) is 0 Å². The molecule has 122 valence electrons. The minimum absolute atomic E-state index is 0.0946. The molecule has 0 spiro atoms. The van der Waals surface area contributed by atoms with E-state index in [1.807, 2.05) is 32.2 Å². The summed E-state index contributed by atoms with van der Waals surface area (Å²) in [5.74, 6) is 1.61. The summed E-state index contributed by atoms with van der Waals surface area (Å²) in [4.78, 5) is 24.8. The number of hydrogen-bond donors (Lipinski definition) is 0. The predicted molar refractivity (Wildman–Crippen MR) is 89.9 cm³/mol. The Bertz CT molecular complexity index is 747. The standard InChI is InChI=1S/C17H22N4O2/c1-11-15-6-5-14(23-4)9-16(15)19-17(18-11)21-8-7-13(10-21)20(3)12(2)22/h5-6,9,13H,7-8,10H2,1-4H3/t13-/m0/s1.